The van der Waals surface area contributed by atoms with Gasteiger partial charge in [0.05, 0.1) is 12.2 Å². The minimum atomic E-state index is 0.214. The summed E-state index contributed by atoms with van der Waals surface area (Å²) in [6.07, 6.45) is 3.34. The van der Waals surface area contributed by atoms with Gasteiger partial charge in [-0.3, -0.25) is 9.89 Å². The number of nitrogens with zero attached hydrogens (tertiary/aromatic N) is 2. The molecule has 1 amide bonds. The van der Waals surface area contributed by atoms with Gasteiger partial charge in [0.1, 0.15) is 0 Å². The standard InChI is InChI=1S/C14H16N4O/c19-14-5-2-8-18(14)13-4-1-3-11(9-13)15-10-12-6-7-16-17-12/h1,3-4,6-7,9,15H,2,5,8,10H2,(H,16,17). The van der Waals surface area contributed by atoms with E-state index >= 15 is 0 Å². The van der Waals surface area contributed by atoms with Crippen molar-refractivity contribution in [3.8, 4) is 0 Å². The molecule has 2 N–H and O–H groups in total. The minimum Gasteiger partial charge on any atom is -0.379 e. The van der Waals surface area contributed by atoms with Crippen molar-refractivity contribution < 1.29 is 4.79 Å². The number of H-pyrrole nitrogens is 1. The smallest absolute Gasteiger partial charge is 0.227 e. The van der Waals surface area contributed by atoms with Crippen LogP contribution in [0, 0.1) is 0 Å². The van der Waals surface area contributed by atoms with E-state index in [9.17, 15) is 4.79 Å². The lowest BCUT2D eigenvalue weighted by Crippen LogP contribution is -2.23. The number of amides is 1. The molecule has 1 aliphatic heterocycles. The van der Waals surface area contributed by atoms with Crippen LogP contribution in [0.1, 0.15) is 18.5 Å². The van der Waals surface area contributed by atoms with Gasteiger partial charge in [0.15, 0.2) is 0 Å². The van der Waals surface area contributed by atoms with E-state index in [1.807, 2.05) is 35.2 Å². The first-order valence-corrected chi connectivity index (χ1v) is 6.45. The Balaban J connectivity index is 1.71. The van der Waals surface area contributed by atoms with E-state index < -0.39 is 0 Å². The number of aromatic amines is 1. The van der Waals surface area contributed by atoms with Gasteiger partial charge in [-0.05, 0) is 30.7 Å². The molecule has 1 aromatic carbocycles. The number of rotatable bonds is 4. The van der Waals surface area contributed by atoms with Crippen molar-refractivity contribution in [2.75, 3.05) is 16.8 Å². The maximum absolute atomic E-state index is 11.7. The van der Waals surface area contributed by atoms with E-state index in [1.54, 1.807) is 6.20 Å². The van der Waals surface area contributed by atoms with Crippen LogP contribution < -0.4 is 10.2 Å². The highest BCUT2D eigenvalue weighted by atomic mass is 16.2. The van der Waals surface area contributed by atoms with E-state index in [0.29, 0.717) is 13.0 Å². The molecule has 0 bridgehead atoms. The molecule has 0 atom stereocenters. The number of aromatic nitrogens is 2. The van der Waals surface area contributed by atoms with Crippen molar-refractivity contribution in [3.05, 3.63) is 42.2 Å². The van der Waals surface area contributed by atoms with Gasteiger partial charge < -0.3 is 10.2 Å². The van der Waals surface area contributed by atoms with Crippen molar-refractivity contribution in [2.24, 2.45) is 0 Å². The SMILES string of the molecule is O=C1CCCN1c1cccc(NCc2ccn[nH]2)c1. The Morgan fingerprint density at radius 3 is 3.05 bits per heavy atom. The van der Waals surface area contributed by atoms with Crippen molar-refractivity contribution in [1.82, 2.24) is 10.2 Å². The Labute approximate surface area is 111 Å². The van der Waals surface area contributed by atoms with Crippen LogP contribution in [0.4, 0.5) is 11.4 Å². The molecule has 2 aromatic rings. The number of nitrogens with one attached hydrogen (secondary N) is 2. The van der Waals surface area contributed by atoms with Gasteiger partial charge in [0.2, 0.25) is 5.91 Å². The quantitative estimate of drug-likeness (QED) is 0.881. The summed E-state index contributed by atoms with van der Waals surface area (Å²) >= 11 is 0. The van der Waals surface area contributed by atoms with Gasteiger partial charge in [0.25, 0.3) is 0 Å². The molecule has 5 nitrogen and oxygen atoms in total. The summed E-state index contributed by atoms with van der Waals surface area (Å²) in [4.78, 5) is 13.6. The molecule has 98 valence electrons. The second-order valence-electron chi connectivity index (χ2n) is 4.63. The predicted molar refractivity (Wildman–Crippen MR) is 73.9 cm³/mol. The fourth-order valence-corrected chi connectivity index (χ4v) is 2.29. The fraction of sp³-hybridized carbons (Fsp3) is 0.286. The first-order valence-electron chi connectivity index (χ1n) is 6.45. The van der Waals surface area contributed by atoms with Crippen LogP contribution >= 0.6 is 0 Å². The Hall–Kier alpha value is -2.30. The number of carbonyl (C=O) groups excluding carboxylic acids is 1. The number of hydrogen-bond donors (Lipinski definition) is 2. The van der Waals surface area contributed by atoms with Gasteiger partial charge in [-0.2, -0.15) is 5.10 Å². The van der Waals surface area contributed by atoms with Gasteiger partial charge in [-0.25, -0.2) is 0 Å². The van der Waals surface area contributed by atoms with Gasteiger partial charge in [0, 0.05) is 30.5 Å². The van der Waals surface area contributed by atoms with Crippen molar-refractivity contribution in [1.29, 1.82) is 0 Å². The summed E-state index contributed by atoms with van der Waals surface area (Å²) in [6, 6.07) is 9.89. The number of hydrogen-bond acceptors (Lipinski definition) is 3. The highest BCUT2D eigenvalue weighted by Crippen LogP contribution is 2.24. The maximum Gasteiger partial charge on any atom is 0.227 e. The zero-order valence-corrected chi connectivity index (χ0v) is 10.6. The Bertz CT molecular complexity index is 565. The largest absolute Gasteiger partial charge is 0.379 e. The average molecular weight is 256 g/mol. The fourth-order valence-electron chi connectivity index (χ4n) is 2.29. The summed E-state index contributed by atoms with van der Waals surface area (Å²) in [7, 11) is 0. The third-order valence-corrected chi connectivity index (χ3v) is 3.27. The lowest BCUT2D eigenvalue weighted by Gasteiger charge is -2.17. The molecule has 0 radical (unpaired) electrons. The monoisotopic (exact) mass is 256 g/mol. The predicted octanol–water partition coefficient (Wildman–Crippen LogP) is 2.15. The van der Waals surface area contributed by atoms with Crippen LogP contribution in [0.3, 0.4) is 0 Å². The molecule has 1 fully saturated rings. The summed E-state index contributed by atoms with van der Waals surface area (Å²) in [6.45, 7) is 1.51. The second-order valence-corrected chi connectivity index (χ2v) is 4.63. The van der Waals surface area contributed by atoms with Crippen LogP contribution in [0.5, 0.6) is 0 Å². The van der Waals surface area contributed by atoms with Crippen molar-refractivity contribution >= 4 is 17.3 Å². The lowest BCUT2D eigenvalue weighted by molar-refractivity contribution is -0.117. The lowest BCUT2D eigenvalue weighted by atomic mass is 10.2. The zero-order chi connectivity index (χ0) is 13.1. The Morgan fingerprint density at radius 1 is 1.37 bits per heavy atom. The summed E-state index contributed by atoms with van der Waals surface area (Å²) in [5, 5.41) is 10.1. The number of carbonyl (C=O) groups is 1. The zero-order valence-electron chi connectivity index (χ0n) is 10.6. The van der Waals surface area contributed by atoms with Crippen molar-refractivity contribution in [2.45, 2.75) is 19.4 Å². The van der Waals surface area contributed by atoms with Crippen LogP contribution in [0.15, 0.2) is 36.5 Å². The molecule has 3 rings (SSSR count). The molecule has 0 saturated carbocycles. The van der Waals surface area contributed by atoms with E-state index in [-0.39, 0.29) is 5.91 Å². The topological polar surface area (TPSA) is 61.0 Å². The molecule has 0 spiro atoms. The highest BCUT2D eigenvalue weighted by Gasteiger charge is 2.21. The molecule has 2 heterocycles. The van der Waals surface area contributed by atoms with E-state index in [2.05, 4.69) is 15.5 Å². The van der Waals surface area contributed by atoms with Crippen LogP contribution in [-0.4, -0.2) is 22.6 Å². The molecule has 0 unspecified atom stereocenters. The first kappa shape index (κ1) is 11.8. The van der Waals surface area contributed by atoms with Crippen LogP contribution in [0.25, 0.3) is 0 Å². The number of anilines is 2. The molecular formula is C14H16N4O. The van der Waals surface area contributed by atoms with Gasteiger partial charge >= 0.3 is 0 Å². The van der Waals surface area contributed by atoms with E-state index in [0.717, 1.165) is 30.0 Å². The Kier molecular flexibility index (Phi) is 3.18. The molecule has 19 heavy (non-hydrogen) atoms. The van der Waals surface area contributed by atoms with Crippen LogP contribution in [-0.2, 0) is 11.3 Å². The summed E-state index contributed by atoms with van der Waals surface area (Å²) in [5.41, 5.74) is 3.01. The summed E-state index contributed by atoms with van der Waals surface area (Å²) < 4.78 is 0. The molecule has 0 aliphatic carbocycles. The molecular weight excluding hydrogens is 240 g/mol. The van der Waals surface area contributed by atoms with Crippen LogP contribution in [0.2, 0.25) is 0 Å². The normalized spacial score (nSPS) is 14.9. The van der Waals surface area contributed by atoms with Crippen molar-refractivity contribution in [3.63, 3.8) is 0 Å². The molecule has 1 aromatic heterocycles. The van der Waals surface area contributed by atoms with Gasteiger partial charge in [-0.1, -0.05) is 6.07 Å². The third kappa shape index (κ3) is 2.59. The molecule has 1 aliphatic rings. The molecule has 5 heteroatoms. The van der Waals surface area contributed by atoms with E-state index in [4.69, 9.17) is 0 Å². The minimum absolute atomic E-state index is 0.214. The van der Waals surface area contributed by atoms with Gasteiger partial charge in [-0.15, -0.1) is 0 Å². The summed E-state index contributed by atoms with van der Waals surface area (Å²) in [5.74, 6) is 0.214. The third-order valence-electron chi connectivity index (χ3n) is 3.27. The highest BCUT2D eigenvalue weighted by molar-refractivity contribution is 5.95. The first-order chi connectivity index (χ1) is 9.33. The number of benzene rings is 1. The molecule has 1 saturated heterocycles. The van der Waals surface area contributed by atoms with E-state index in [1.165, 1.54) is 0 Å². The Morgan fingerprint density at radius 2 is 2.32 bits per heavy atom. The average Bonchev–Trinajstić information content (AvgIpc) is 3.08. The second kappa shape index (κ2) is 5.14. The maximum atomic E-state index is 11.7.